The van der Waals surface area contributed by atoms with Crippen LogP contribution in [-0.4, -0.2) is 43.3 Å². The summed E-state index contributed by atoms with van der Waals surface area (Å²) < 4.78 is 11.9. The molecule has 2 fully saturated rings. The van der Waals surface area contributed by atoms with Gasteiger partial charge in [-0.3, -0.25) is 9.69 Å². The van der Waals surface area contributed by atoms with Crippen molar-refractivity contribution in [3.63, 3.8) is 0 Å². The molecule has 5 rings (SSSR count). The Hall–Kier alpha value is -3.05. The van der Waals surface area contributed by atoms with Crippen LogP contribution in [0.1, 0.15) is 43.2 Å². The van der Waals surface area contributed by atoms with E-state index in [4.69, 9.17) is 9.47 Å². The van der Waals surface area contributed by atoms with Gasteiger partial charge < -0.3 is 14.6 Å². The molecule has 2 aliphatic rings. The minimum atomic E-state index is -0.783. The van der Waals surface area contributed by atoms with E-state index >= 15 is 0 Å². The molecule has 178 valence electrons. The second-order valence-electron chi connectivity index (χ2n) is 9.82. The highest BCUT2D eigenvalue weighted by Gasteiger charge is 2.44. The molecule has 5 nitrogen and oxygen atoms in total. The lowest BCUT2D eigenvalue weighted by atomic mass is 9.91. The average Bonchev–Trinajstić information content (AvgIpc) is 3.62. The first-order chi connectivity index (χ1) is 16.5. The summed E-state index contributed by atoms with van der Waals surface area (Å²) in [5.74, 6) is 0.851. The van der Waals surface area contributed by atoms with E-state index in [1.54, 1.807) is 14.2 Å². The molecule has 0 atom stereocenters. The van der Waals surface area contributed by atoms with E-state index in [2.05, 4.69) is 29.2 Å². The third-order valence-corrected chi connectivity index (χ3v) is 7.78. The first-order valence-corrected chi connectivity index (χ1v) is 12.2. The summed E-state index contributed by atoms with van der Waals surface area (Å²) in [6.07, 6.45) is 6.05. The fourth-order valence-corrected chi connectivity index (χ4v) is 5.55. The number of ether oxygens (including phenoxy) is 2. The minimum absolute atomic E-state index is 0.114. The van der Waals surface area contributed by atoms with Gasteiger partial charge in [0.25, 0.3) is 0 Å². The summed E-state index contributed by atoms with van der Waals surface area (Å²) in [6.45, 7) is 3.16. The number of carboxylic acid groups (broad SMARTS) is 1. The summed E-state index contributed by atoms with van der Waals surface area (Å²) in [5, 5.41) is 11.3. The van der Waals surface area contributed by atoms with Gasteiger partial charge in [0.15, 0.2) is 0 Å². The van der Waals surface area contributed by atoms with Crippen molar-refractivity contribution in [3.8, 4) is 22.6 Å². The maximum absolute atomic E-state index is 11.2. The predicted octanol–water partition coefficient (Wildman–Crippen LogP) is 5.92. The number of likely N-dealkylation sites (tertiary alicyclic amines) is 1. The smallest absolute Gasteiger partial charge is 0.303 e. The lowest BCUT2D eigenvalue weighted by Crippen LogP contribution is -2.34. The monoisotopic (exact) mass is 459 g/mol. The number of carboxylic acids is 1. The Balaban J connectivity index is 1.55. The van der Waals surface area contributed by atoms with Crippen molar-refractivity contribution in [1.29, 1.82) is 0 Å². The van der Waals surface area contributed by atoms with E-state index in [-0.39, 0.29) is 6.42 Å². The molecule has 0 unspecified atom stereocenters. The minimum Gasteiger partial charge on any atom is -0.496 e. The number of fused-ring (bicyclic) bond motifs is 1. The van der Waals surface area contributed by atoms with Gasteiger partial charge in [-0.1, -0.05) is 42.5 Å². The molecule has 0 amide bonds. The van der Waals surface area contributed by atoms with E-state index in [0.29, 0.717) is 11.8 Å². The Kier molecular flexibility index (Phi) is 6.22. The summed E-state index contributed by atoms with van der Waals surface area (Å²) >= 11 is 0. The van der Waals surface area contributed by atoms with Gasteiger partial charge >= 0.3 is 5.97 Å². The van der Waals surface area contributed by atoms with Gasteiger partial charge in [0.1, 0.15) is 11.5 Å². The van der Waals surface area contributed by atoms with Crippen molar-refractivity contribution in [2.45, 2.75) is 45.1 Å². The van der Waals surface area contributed by atoms with Crippen LogP contribution in [0.25, 0.3) is 21.9 Å². The van der Waals surface area contributed by atoms with Gasteiger partial charge in [0, 0.05) is 18.5 Å². The number of aryl methyl sites for hydroxylation is 1. The molecule has 0 bridgehead atoms. The summed E-state index contributed by atoms with van der Waals surface area (Å²) in [7, 11) is 3.43. The van der Waals surface area contributed by atoms with Crippen molar-refractivity contribution in [2.24, 2.45) is 5.41 Å². The molecule has 1 spiro atoms. The molecule has 0 radical (unpaired) electrons. The number of hydrogen-bond donors (Lipinski definition) is 1. The normalized spacial score (nSPS) is 17.1. The van der Waals surface area contributed by atoms with Crippen molar-refractivity contribution in [3.05, 3.63) is 59.7 Å². The van der Waals surface area contributed by atoms with Crippen LogP contribution in [0.3, 0.4) is 0 Å². The summed E-state index contributed by atoms with van der Waals surface area (Å²) in [5.41, 5.74) is 4.87. The van der Waals surface area contributed by atoms with Crippen molar-refractivity contribution >= 4 is 16.7 Å². The van der Waals surface area contributed by atoms with Gasteiger partial charge in [-0.25, -0.2) is 0 Å². The highest BCUT2D eigenvalue weighted by atomic mass is 16.5. The Morgan fingerprint density at radius 3 is 2.32 bits per heavy atom. The Morgan fingerprint density at radius 1 is 0.912 bits per heavy atom. The van der Waals surface area contributed by atoms with E-state index in [1.165, 1.54) is 31.2 Å². The molecule has 1 heterocycles. The molecular formula is C29H33NO4. The van der Waals surface area contributed by atoms with Crippen LogP contribution in [0.2, 0.25) is 0 Å². The zero-order valence-corrected chi connectivity index (χ0v) is 20.1. The van der Waals surface area contributed by atoms with Gasteiger partial charge in [0.2, 0.25) is 0 Å². The molecule has 3 aromatic rings. The number of carbonyl (C=O) groups is 1. The average molecular weight is 460 g/mol. The number of methoxy groups -OCH3 is 2. The topological polar surface area (TPSA) is 59.0 Å². The van der Waals surface area contributed by atoms with Crippen LogP contribution >= 0.6 is 0 Å². The second-order valence-corrected chi connectivity index (χ2v) is 9.82. The Bertz CT molecular complexity index is 1200. The summed E-state index contributed by atoms with van der Waals surface area (Å²) in [4.78, 5) is 13.7. The summed E-state index contributed by atoms with van der Waals surface area (Å²) in [6, 6.07) is 16.5. The SMILES string of the molecule is COc1ccc(CN2CCC3(CC2)CC3)c(OC)c1-c1cccc2c(CCC(=O)O)cccc12. The van der Waals surface area contributed by atoms with Crippen molar-refractivity contribution < 1.29 is 19.4 Å². The maximum Gasteiger partial charge on any atom is 0.303 e. The third-order valence-electron chi connectivity index (χ3n) is 7.78. The lowest BCUT2D eigenvalue weighted by Gasteiger charge is -2.32. The zero-order chi connectivity index (χ0) is 23.7. The van der Waals surface area contributed by atoms with E-state index in [1.807, 2.05) is 24.3 Å². The number of rotatable bonds is 8. The second kappa shape index (κ2) is 9.30. The predicted molar refractivity (Wildman–Crippen MR) is 135 cm³/mol. The molecule has 1 saturated heterocycles. The molecule has 1 aliphatic carbocycles. The standard InChI is InChI=1S/C29H33NO4/c1-33-25-11-9-21(19-30-17-15-29(13-14-29)16-18-30)28(34-2)27(25)24-8-4-6-22-20(10-12-26(31)32)5-3-7-23(22)24/h3-9,11H,10,12-19H2,1-2H3,(H,31,32). The first-order valence-electron chi connectivity index (χ1n) is 12.2. The van der Waals surface area contributed by atoms with Crippen molar-refractivity contribution in [2.75, 3.05) is 27.3 Å². The molecule has 1 saturated carbocycles. The van der Waals surface area contributed by atoms with Gasteiger partial charge in [-0.15, -0.1) is 0 Å². The van der Waals surface area contributed by atoms with E-state index in [0.717, 1.165) is 58.6 Å². The van der Waals surface area contributed by atoms with Crippen LogP contribution in [0.15, 0.2) is 48.5 Å². The number of benzene rings is 3. The van der Waals surface area contributed by atoms with Crippen LogP contribution in [-0.2, 0) is 17.8 Å². The number of aliphatic carboxylic acids is 1. The van der Waals surface area contributed by atoms with Crippen LogP contribution in [0.5, 0.6) is 11.5 Å². The number of piperidine rings is 1. The van der Waals surface area contributed by atoms with Crippen molar-refractivity contribution in [1.82, 2.24) is 4.90 Å². The Labute approximate surface area is 201 Å². The van der Waals surface area contributed by atoms with E-state index in [9.17, 15) is 9.90 Å². The van der Waals surface area contributed by atoms with Gasteiger partial charge in [-0.05, 0) is 78.6 Å². The molecular weight excluding hydrogens is 426 g/mol. The molecule has 34 heavy (non-hydrogen) atoms. The third kappa shape index (κ3) is 4.37. The molecule has 5 heteroatoms. The van der Waals surface area contributed by atoms with Crippen LogP contribution < -0.4 is 9.47 Å². The number of nitrogens with zero attached hydrogens (tertiary/aromatic N) is 1. The quantitative estimate of drug-likeness (QED) is 0.453. The fourth-order valence-electron chi connectivity index (χ4n) is 5.55. The van der Waals surface area contributed by atoms with Crippen LogP contribution in [0, 0.1) is 5.41 Å². The fraction of sp³-hybridized carbons (Fsp3) is 0.414. The maximum atomic E-state index is 11.2. The largest absolute Gasteiger partial charge is 0.496 e. The molecule has 1 aliphatic heterocycles. The van der Waals surface area contributed by atoms with Gasteiger partial charge in [0.05, 0.1) is 19.8 Å². The molecule has 3 aromatic carbocycles. The lowest BCUT2D eigenvalue weighted by molar-refractivity contribution is -0.136. The first kappa shape index (κ1) is 22.7. The van der Waals surface area contributed by atoms with E-state index < -0.39 is 5.97 Å². The molecule has 1 N–H and O–H groups in total. The van der Waals surface area contributed by atoms with Crippen LogP contribution in [0.4, 0.5) is 0 Å². The highest BCUT2D eigenvalue weighted by molar-refractivity contribution is 6.01. The zero-order valence-electron chi connectivity index (χ0n) is 20.1. The van der Waals surface area contributed by atoms with Gasteiger partial charge in [-0.2, -0.15) is 0 Å². The number of hydrogen-bond acceptors (Lipinski definition) is 4. The molecule has 0 aromatic heterocycles. The highest BCUT2D eigenvalue weighted by Crippen LogP contribution is 2.54. The Morgan fingerprint density at radius 2 is 1.65 bits per heavy atom.